The summed E-state index contributed by atoms with van der Waals surface area (Å²) < 4.78 is 0. The highest BCUT2D eigenvalue weighted by Crippen LogP contribution is 2.33. The predicted molar refractivity (Wildman–Crippen MR) is 68.8 cm³/mol. The van der Waals surface area contributed by atoms with Crippen LogP contribution in [0.25, 0.3) is 0 Å². The Labute approximate surface area is 94.8 Å². The molecule has 0 aliphatic heterocycles. The van der Waals surface area contributed by atoms with E-state index in [4.69, 9.17) is 0 Å². The normalized spacial score (nSPS) is 18.3. The van der Waals surface area contributed by atoms with E-state index in [1.807, 2.05) is 0 Å². The number of rotatable bonds is 0. The van der Waals surface area contributed by atoms with Gasteiger partial charge in [0.1, 0.15) is 0 Å². The summed E-state index contributed by atoms with van der Waals surface area (Å²) in [6.45, 7) is 13.6. The van der Waals surface area contributed by atoms with Crippen molar-refractivity contribution in [3.05, 3.63) is 35.5 Å². The van der Waals surface area contributed by atoms with Crippen LogP contribution in [-0.4, -0.2) is 0 Å². The van der Waals surface area contributed by atoms with Crippen LogP contribution in [0.5, 0.6) is 0 Å². The van der Waals surface area contributed by atoms with Crippen LogP contribution in [0.15, 0.2) is 35.5 Å². The van der Waals surface area contributed by atoms with Crippen molar-refractivity contribution in [1.82, 2.24) is 0 Å². The maximum absolute atomic E-state index is 2.34. The van der Waals surface area contributed by atoms with E-state index in [1.54, 1.807) is 0 Å². The molecule has 0 aromatic rings. The minimum absolute atomic E-state index is 0.262. The molecule has 0 N–H and O–H groups in total. The molecule has 84 valence electrons. The molecule has 0 aromatic carbocycles. The zero-order chi connectivity index (χ0) is 11.7. The largest absolute Gasteiger partial charge is 0.0770 e. The van der Waals surface area contributed by atoms with Gasteiger partial charge in [-0.25, -0.2) is 0 Å². The third kappa shape index (κ3) is 3.37. The quantitative estimate of drug-likeness (QED) is 0.527. The summed E-state index contributed by atoms with van der Waals surface area (Å²) in [7, 11) is 0. The number of allylic oxidation sites excluding steroid dienone is 6. The van der Waals surface area contributed by atoms with Crippen LogP contribution in [0.3, 0.4) is 0 Å². The smallest absolute Gasteiger partial charge is 0.0135 e. The Kier molecular flexibility index (Phi) is 3.28. The third-order valence-electron chi connectivity index (χ3n) is 2.85. The van der Waals surface area contributed by atoms with Crippen LogP contribution in [0.2, 0.25) is 0 Å². The van der Waals surface area contributed by atoms with Gasteiger partial charge in [-0.05, 0) is 28.4 Å². The van der Waals surface area contributed by atoms with Gasteiger partial charge < -0.3 is 0 Å². The van der Waals surface area contributed by atoms with Gasteiger partial charge in [0.2, 0.25) is 0 Å². The minimum Gasteiger partial charge on any atom is -0.0770 e. The van der Waals surface area contributed by atoms with E-state index in [2.05, 4.69) is 65.8 Å². The van der Waals surface area contributed by atoms with E-state index in [0.29, 0.717) is 0 Å². The van der Waals surface area contributed by atoms with Crippen molar-refractivity contribution in [2.45, 2.75) is 48.0 Å². The lowest BCUT2D eigenvalue weighted by Crippen LogP contribution is -2.08. The fourth-order valence-electron chi connectivity index (χ4n) is 1.74. The van der Waals surface area contributed by atoms with Gasteiger partial charge in [0, 0.05) is 0 Å². The van der Waals surface area contributed by atoms with Crippen molar-refractivity contribution in [2.75, 3.05) is 0 Å². The van der Waals surface area contributed by atoms with Crippen molar-refractivity contribution >= 4 is 0 Å². The summed E-state index contributed by atoms with van der Waals surface area (Å²) in [6.07, 6.45) is 10.3. The Morgan fingerprint density at radius 2 is 1.07 bits per heavy atom. The molecule has 0 aromatic heterocycles. The van der Waals surface area contributed by atoms with Gasteiger partial charge in [0.05, 0.1) is 0 Å². The number of hydrogen-bond acceptors (Lipinski definition) is 0. The summed E-state index contributed by atoms with van der Waals surface area (Å²) in [6, 6.07) is 0. The second-order valence-electron chi connectivity index (χ2n) is 6.39. The van der Waals surface area contributed by atoms with E-state index in [-0.39, 0.29) is 10.8 Å². The van der Waals surface area contributed by atoms with Crippen molar-refractivity contribution in [1.29, 1.82) is 0 Å². The first-order valence-corrected chi connectivity index (χ1v) is 5.80. The lowest BCUT2D eigenvalue weighted by Gasteiger charge is -2.21. The van der Waals surface area contributed by atoms with Crippen LogP contribution < -0.4 is 0 Å². The molecule has 0 bridgehead atoms. The molecule has 0 nitrogen and oxygen atoms in total. The van der Waals surface area contributed by atoms with Gasteiger partial charge in [-0.2, -0.15) is 0 Å². The molecular weight excluding hydrogens is 180 g/mol. The average Bonchev–Trinajstić information content (AvgIpc) is 2.24. The molecule has 0 amide bonds. The first-order valence-electron chi connectivity index (χ1n) is 5.80. The SMILES string of the molecule is CC(C)(C)C1=CCC=C(C(C)(C)C)C=C1. The van der Waals surface area contributed by atoms with Gasteiger partial charge in [0.25, 0.3) is 0 Å². The maximum atomic E-state index is 2.34. The Hall–Kier alpha value is -0.780. The van der Waals surface area contributed by atoms with Crippen LogP contribution >= 0.6 is 0 Å². The van der Waals surface area contributed by atoms with Crippen LogP contribution in [-0.2, 0) is 0 Å². The molecule has 0 saturated heterocycles. The number of hydrogen-bond donors (Lipinski definition) is 0. The summed E-state index contributed by atoms with van der Waals surface area (Å²) >= 11 is 0. The van der Waals surface area contributed by atoms with Crippen LogP contribution in [0.4, 0.5) is 0 Å². The molecule has 0 fully saturated rings. The van der Waals surface area contributed by atoms with Gasteiger partial charge in [-0.1, -0.05) is 65.8 Å². The Balaban J connectivity index is 2.91. The lowest BCUT2D eigenvalue weighted by molar-refractivity contribution is 0.512. The zero-order valence-electron chi connectivity index (χ0n) is 11.0. The van der Waals surface area contributed by atoms with Gasteiger partial charge in [0.15, 0.2) is 0 Å². The van der Waals surface area contributed by atoms with E-state index >= 15 is 0 Å². The molecule has 1 aliphatic rings. The lowest BCUT2D eigenvalue weighted by atomic mass is 9.84. The fourth-order valence-corrected chi connectivity index (χ4v) is 1.74. The third-order valence-corrected chi connectivity index (χ3v) is 2.85. The second kappa shape index (κ2) is 4.00. The monoisotopic (exact) mass is 204 g/mol. The second-order valence-corrected chi connectivity index (χ2v) is 6.39. The Morgan fingerprint density at radius 3 is 1.33 bits per heavy atom. The molecule has 0 saturated carbocycles. The summed E-state index contributed by atoms with van der Waals surface area (Å²) in [5.41, 5.74) is 3.41. The first-order chi connectivity index (χ1) is 6.71. The van der Waals surface area contributed by atoms with Crippen molar-refractivity contribution in [3.8, 4) is 0 Å². The molecule has 15 heavy (non-hydrogen) atoms. The topological polar surface area (TPSA) is 0 Å². The molecule has 0 spiro atoms. The van der Waals surface area contributed by atoms with Crippen LogP contribution in [0, 0.1) is 10.8 Å². The average molecular weight is 204 g/mol. The first kappa shape index (κ1) is 12.3. The van der Waals surface area contributed by atoms with E-state index in [0.717, 1.165) is 6.42 Å². The summed E-state index contributed by atoms with van der Waals surface area (Å²) in [5, 5.41) is 0. The van der Waals surface area contributed by atoms with Gasteiger partial charge in [-0.3, -0.25) is 0 Å². The van der Waals surface area contributed by atoms with Crippen LogP contribution in [0.1, 0.15) is 48.0 Å². The Morgan fingerprint density at radius 1 is 0.733 bits per heavy atom. The molecule has 1 rings (SSSR count). The van der Waals surface area contributed by atoms with Crippen molar-refractivity contribution < 1.29 is 0 Å². The van der Waals surface area contributed by atoms with E-state index in [1.165, 1.54) is 11.1 Å². The fraction of sp³-hybridized carbons (Fsp3) is 0.600. The maximum Gasteiger partial charge on any atom is -0.0135 e. The Bertz CT molecular complexity index is 279. The molecule has 0 atom stereocenters. The van der Waals surface area contributed by atoms with Crippen molar-refractivity contribution in [2.24, 2.45) is 10.8 Å². The minimum atomic E-state index is 0.262. The molecule has 0 heteroatoms. The zero-order valence-corrected chi connectivity index (χ0v) is 11.0. The van der Waals surface area contributed by atoms with E-state index in [9.17, 15) is 0 Å². The summed E-state index contributed by atoms with van der Waals surface area (Å²) in [5.74, 6) is 0. The van der Waals surface area contributed by atoms with Gasteiger partial charge in [-0.15, -0.1) is 0 Å². The van der Waals surface area contributed by atoms with Crippen molar-refractivity contribution in [3.63, 3.8) is 0 Å². The molecule has 0 unspecified atom stereocenters. The molecule has 1 aliphatic carbocycles. The summed E-state index contributed by atoms with van der Waals surface area (Å²) in [4.78, 5) is 0. The highest BCUT2D eigenvalue weighted by molar-refractivity contribution is 5.37. The molecular formula is C15H24. The van der Waals surface area contributed by atoms with E-state index < -0.39 is 0 Å². The highest BCUT2D eigenvalue weighted by atomic mass is 14.2. The highest BCUT2D eigenvalue weighted by Gasteiger charge is 2.18. The predicted octanol–water partition coefficient (Wildman–Crippen LogP) is 4.89. The standard InChI is InChI=1S/C15H24/c1-14(2,3)12-8-7-9-13(11-10-12)15(4,5)6/h8-11H,7H2,1-6H3. The van der Waals surface area contributed by atoms with Gasteiger partial charge >= 0.3 is 0 Å². The molecule has 0 heterocycles. The molecule has 0 radical (unpaired) electrons.